The van der Waals surface area contributed by atoms with Crippen molar-refractivity contribution >= 4 is 17.7 Å². The number of rotatable bonds is 5. The molecule has 1 atom stereocenters. The average Bonchev–Trinajstić information content (AvgIpc) is 2.52. The van der Waals surface area contributed by atoms with E-state index >= 15 is 0 Å². The molecule has 1 rings (SSSR count). The molecule has 1 unspecified atom stereocenters. The Balaban J connectivity index is 2.47. The predicted octanol–water partition coefficient (Wildman–Crippen LogP) is 0.185. The molecule has 0 aliphatic heterocycles. The molecule has 1 aromatic rings. The molecular weight excluding hydrogens is 202 g/mol. The largest absolute Gasteiger partial charge is 0.480 e. The van der Waals surface area contributed by atoms with Crippen molar-refractivity contribution in [1.82, 2.24) is 14.9 Å². The number of carboxylic acid groups (broad SMARTS) is 1. The van der Waals surface area contributed by atoms with E-state index in [1.165, 1.54) is 11.8 Å². The fourth-order valence-electron chi connectivity index (χ4n) is 0.927. The zero-order chi connectivity index (χ0) is 10.6. The summed E-state index contributed by atoms with van der Waals surface area (Å²) in [5.41, 5.74) is 0. The number of aromatic nitrogens is 2. The fourth-order valence-corrected chi connectivity index (χ4v) is 1.95. The lowest BCUT2D eigenvalue weighted by Gasteiger charge is -2.09. The second kappa shape index (κ2) is 5.02. The second-order valence-electron chi connectivity index (χ2n) is 2.81. The fraction of sp³-hybridized carbons (Fsp3) is 0.500. The maximum atomic E-state index is 10.7. The van der Waals surface area contributed by atoms with Crippen molar-refractivity contribution in [2.24, 2.45) is 7.05 Å². The van der Waals surface area contributed by atoms with Gasteiger partial charge in [0.15, 0.2) is 5.16 Å². The number of hydrogen-bond acceptors (Lipinski definition) is 4. The molecule has 0 saturated heterocycles. The predicted molar refractivity (Wildman–Crippen MR) is 54.4 cm³/mol. The normalized spacial score (nSPS) is 12.7. The Morgan fingerprint density at radius 2 is 2.57 bits per heavy atom. The van der Waals surface area contributed by atoms with Crippen molar-refractivity contribution in [3.63, 3.8) is 0 Å². The Bertz CT molecular complexity index is 313. The molecule has 0 aromatic carbocycles. The standard InChI is InChI=1S/C8H13N3O2S/c1-9-6(7(12)13)5-14-8-10-3-4-11(8)2/h3-4,6,9H,5H2,1-2H3,(H,12,13). The topological polar surface area (TPSA) is 67.2 Å². The van der Waals surface area contributed by atoms with Gasteiger partial charge >= 0.3 is 5.97 Å². The Morgan fingerprint density at radius 3 is 3.00 bits per heavy atom. The van der Waals surface area contributed by atoms with E-state index in [1.807, 2.05) is 17.8 Å². The summed E-state index contributed by atoms with van der Waals surface area (Å²) < 4.78 is 1.86. The number of likely N-dealkylation sites (N-methyl/N-ethyl adjacent to an activating group) is 1. The summed E-state index contributed by atoms with van der Waals surface area (Å²) in [6.45, 7) is 0. The number of aryl methyl sites for hydroxylation is 1. The monoisotopic (exact) mass is 215 g/mol. The number of nitrogens with zero attached hydrogens (tertiary/aromatic N) is 2. The van der Waals surface area contributed by atoms with Gasteiger partial charge in [-0.15, -0.1) is 0 Å². The molecule has 0 saturated carbocycles. The van der Waals surface area contributed by atoms with Crippen LogP contribution in [0.15, 0.2) is 17.6 Å². The first kappa shape index (κ1) is 11.1. The Labute approximate surface area is 86.5 Å². The van der Waals surface area contributed by atoms with Crippen molar-refractivity contribution in [2.75, 3.05) is 12.8 Å². The third-order valence-corrected chi connectivity index (χ3v) is 2.95. The number of carbonyl (C=O) groups is 1. The Kier molecular flexibility index (Phi) is 3.97. The van der Waals surface area contributed by atoms with Crippen molar-refractivity contribution < 1.29 is 9.90 Å². The maximum absolute atomic E-state index is 10.7. The number of carboxylic acids is 1. The first-order valence-corrected chi connectivity index (χ1v) is 5.14. The van der Waals surface area contributed by atoms with Crippen LogP contribution in [-0.4, -0.2) is 39.5 Å². The van der Waals surface area contributed by atoms with Crippen LogP contribution in [0, 0.1) is 0 Å². The molecule has 0 aliphatic rings. The van der Waals surface area contributed by atoms with Gasteiger partial charge in [-0.1, -0.05) is 11.8 Å². The third kappa shape index (κ3) is 2.74. The summed E-state index contributed by atoms with van der Waals surface area (Å²) in [7, 11) is 3.52. The highest BCUT2D eigenvalue weighted by Crippen LogP contribution is 2.15. The number of hydrogen-bond donors (Lipinski definition) is 2. The summed E-state index contributed by atoms with van der Waals surface area (Å²) in [5, 5.41) is 12.3. The Morgan fingerprint density at radius 1 is 1.86 bits per heavy atom. The van der Waals surface area contributed by atoms with Gasteiger partial charge in [-0.2, -0.15) is 0 Å². The minimum Gasteiger partial charge on any atom is -0.480 e. The summed E-state index contributed by atoms with van der Waals surface area (Å²) in [6, 6.07) is -0.531. The number of nitrogens with one attached hydrogen (secondary N) is 1. The maximum Gasteiger partial charge on any atom is 0.321 e. The van der Waals surface area contributed by atoms with Gasteiger partial charge in [-0.25, -0.2) is 4.98 Å². The average molecular weight is 215 g/mol. The minimum absolute atomic E-state index is 0.469. The molecule has 1 heterocycles. The van der Waals surface area contributed by atoms with Gasteiger partial charge in [-0.05, 0) is 7.05 Å². The van der Waals surface area contributed by atoms with Crippen molar-refractivity contribution in [2.45, 2.75) is 11.2 Å². The lowest BCUT2D eigenvalue weighted by atomic mass is 10.3. The quantitative estimate of drug-likeness (QED) is 0.686. The van der Waals surface area contributed by atoms with Crippen LogP contribution < -0.4 is 5.32 Å². The van der Waals surface area contributed by atoms with Gasteiger partial charge in [0.2, 0.25) is 0 Å². The highest BCUT2D eigenvalue weighted by molar-refractivity contribution is 7.99. The molecule has 78 valence electrons. The summed E-state index contributed by atoms with van der Waals surface area (Å²) >= 11 is 1.42. The van der Waals surface area contributed by atoms with Crippen LogP contribution in [0.2, 0.25) is 0 Å². The highest BCUT2D eigenvalue weighted by Gasteiger charge is 2.15. The van der Waals surface area contributed by atoms with Crippen LogP contribution in [0.3, 0.4) is 0 Å². The van der Waals surface area contributed by atoms with E-state index < -0.39 is 12.0 Å². The first-order valence-electron chi connectivity index (χ1n) is 4.15. The van der Waals surface area contributed by atoms with E-state index in [0.717, 1.165) is 5.16 Å². The minimum atomic E-state index is -0.839. The molecule has 0 bridgehead atoms. The summed E-state index contributed by atoms with van der Waals surface area (Å²) in [5.74, 6) is -0.370. The van der Waals surface area contributed by atoms with E-state index in [2.05, 4.69) is 10.3 Å². The number of imidazole rings is 1. The molecule has 0 spiro atoms. The van der Waals surface area contributed by atoms with Crippen molar-refractivity contribution in [3.05, 3.63) is 12.4 Å². The highest BCUT2D eigenvalue weighted by atomic mass is 32.2. The van der Waals surface area contributed by atoms with Crippen molar-refractivity contribution in [1.29, 1.82) is 0 Å². The van der Waals surface area contributed by atoms with Gasteiger partial charge in [0, 0.05) is 25.2 Å². The van der Waals surface area contributed by atoms with Crippen LogP contribution in [0.5, 0.6) is 0 Å². The number of thioether (sulfide) groups is 1. The molecule has 2 N–H and O–H groups in total. The number of aliphatic carboxylic acids is 1. The molecule has 6 heteroatoms. The lowest BCUT2D eigenvalue weighted by Crippen LogP contribution is -2.36. The molecule has 0 aliphatic carbocycles. The zero-order valence-electron chi connectivity index (χ0n) is 8.10. The molecule has 14 heavy (non-hydrogen) atoms. The van der Waals surface area contributed by atoms with E-state index in [9.17, 15) is 4.79 Å². The molecule has 5 nitrogen and oxygen atoms in total. The summed E-state index contributed by atoms with van der Waals surface area (Å²) in [6.07, 6.45) is 3.52. The van der Waals surface area contributed by atoms with Crippen LogP contribution in [0.4, 0.5) is 0 Å². The molecule has 0 fully saturated rings. The van der Waals surface area contributed by atoms with Crippen molar-refractivity contribution in [3.8, 4) is 0 Å². The van der Waals surface area contributed by atoms with Crippen LogP contribution in [-0.2, 0) is 11.8 Å². The van der Waals surface area contributed by atoms with E-state index in [0.29, 0.717) is 5.75 Å². The van der Waals surface area contributed by atoms with Gasteiger partial charge < -0.3 is 15.0 Å². The SMILES string of the molecule is CNC(CSc1nccn1C)C(=O)O. The van der Waals surface area contributed by atoms with E-state index in [1.54, 1.807) is 13.2 Å². The third-order valence-electron chi connectivity index (χ3n) is 1.80. The molecule has 0 amide bonds. The van der Waals surface area contributed by atoms with Crippen LogP contribution >= 0.6 is 11.8 Å². The first-order chi connectivity index (χ1) is 6.65. The Hall–Kier alpha value is -1.01. The molecule has 1 aromatic heterocycles. The smallest absolute Gasteiger partial charge is 0.321 e. The van der Waals surface area contributed by atoms with E-state index in [4.69, 9.17) is 5.11 Å². The lowest BCUT2D eigenvalue weighted by molar-refractivity contribution is -0.138. The van der Waals surface area contributed by atoms with Gasteiger partial charge in [-0.3, -0.25) is 4.79 Å². The zero-order valence-corrected chi connectivity index (χ0v) is 8.91. The van der Waals surface area contributed by atoms with Gasteiger partial charge in [0.05, 0.1) is 0 Å². The summed E-state index contributed by atoms with van der Waals surface area (Å²) in [4.78, 5) is 14.8. The molecule has 0 radical (unpaired) electrons. The van der Waals surface area contributed by atoms with Gasteiger partial charge in [0.1, 0.15) is 6.04 Å². The van der Waals surface area contributed by atoms with Crippen LogP contribution in [0.25, 0.3) is 0 Å². The second-order valence-corrected chi connectivity index (χ2v) is 3.80. The van der Waals surface area contributed by atoms with E-state index in [-0.39, 0.29) is 0 Å². The van der Waals surface area contributed by atoms with Gasteiger partial charge in [0.25, 0.3) is 0 Å². The molecular formula is C8H13N3O2S. The van der Waals surface area contributed by atoms with Crippen LogP contribution in [0.1, 0.15) is 0 Å².